The molecule has 0 bridgehead atoms. The molecule has 1 aromatic carbocycles. The van der Waals surface area contributed by atoms with Crippen molar-refractivity contribution in [1.29, 1.82) is 0 Å². The van der Waals surface area contributed by atoms with E-state index >= 15 is 0 Å². The highest BCUT2D eigenvalue weighted by atomic mass is 16.4. The average Bonchev–Trinajstić information content (AvgIpc) is 2.59. The van der Waals surface area contributed by atoms with Gasteiger partial charge in [0.1, 0.15) is 0 Å². The lowest BCUT2D eigenvalue weighted by molar-refractivity contribution is 0.0672. The Balaban J connectivity index is 3.69. The SMILES string of the molecule is C=CCC(C)C(=O)c1cc(C(=O)O)c(C(=O)C(C)(C)CCC)cc1C(=O)O. The molecule has 0 spiro atoms. The Labute approximate surface area is 158 Å². The molecule has 0 radical (unpaired) electrons. The largest absolute Gasteiger partial charge is 0.478 e. The van der Waals surface area contributed by atoms with E-state index in [0.29, 0.717) is 19.3 Å². The molecule has 1 aromatic rings. The highest BCUT2D eigenvalue weighted by Gasteiger charge is 2.33. The van der Waals surface area contributed by atoms with Crippen LogP contribution in [-0.2, 0) is 0 Å². The quantitative estimate of drug-likeness (QED) is 0.461. The number of ketones is 2. The number of benzene rings is 1. The molecule has 0 aliphatic heterocycles. The van der Waals surface area contributed by atoms with Gasteiger partial charge in [-0.1, -0.05) is 40.2 Å². The summed E-state index contributed by atoms with van der Waals surface area (Å²) >= 11 is 0. The second-order valence-corrected chi connectivity index (χ2v) is 7.31. The van der Waals surface area contributed by atoms with Crippen LogP contribution >= 0.6 is 0 Å². The predicted octanol–water partition coefficient (Wildman–Crippen LogP) is 4.49. The summed E-state index contributed by atoms with van der Waals surface area (Å²) in [6, 6.07) is 2.04. The first-order valence-corrected chi connectivity index (χ1v) is 8.82. The van der Waals surface area contributed by atoms with E-state index in [1.54, 1.807) is 20.8 Å². The predicted molar refractivity (Wildman–Crippen MR) is 102 cm³/mol. The molecule has 2 N–H and O–H groups in total. The van der Waals surface area contributed by atoms with Gasteiger partial charge < -0.3 is 10.2 Å². The van der Waals surface area contributed by atoms with Crippen molar-refractivity contribution < 1.29 is 29.4 Å². The number of allylic oxidation sites excluding steroid dienone is 1. The van der Waals surface area contributed by atoms with Crippen LogP contribution in [0.4, 0.5) is 0 Å². The molecule has 0 heterocycles. The van der Waals surface area contributed by atoms with Crippen molar-refractivity contribution in [3.63, 3.8) is 0 Å². The van der Waals surface area contributed by atoms with Gasteiger partial charge in [0.05, 0.1) is 11.1 Å². The average molecular weight is 374 g/mol. The minimum absolute atomic E-state index is 0.189. The molecule has 6 nitrogen and oxygen atoms in total. The zero-order valence-electron chi connectivity index (χ0n) is 16.2. The molecule has 1 unspecified atom stereocenters. The van der Waals surface area contributed by atoms with Gasteiger partial charge in [0.2, 0.25) is 0 Å². The summed E-state index contributed by atoms with van der Waals surface area (Å²) in [5.74, 6) is -4.28. The van der Waals surface area contributed by atoms with Crippen LogP contribution in [0.15, 0.2) is 24.8 Å². The van der Waals surface area contributed by atoms with Crippen molar-refractivity contribution in [2.75, 3.05) is 0 Å². The molecular formula is C21H26O6. The maximum atomic E-state index is 12.9. The third-order valence-corrected chi connectivity index (χ3v) is 4.59. The van der Waals surface area contributed by atoms with Crippen LogP contribution in [0.1, 0.15) is 88.4 Å². The minimum atomic E-state index is -1.39. The lowest BCUT2D eigenvalue weighted by atomic mass is 9.78. The fourth-order valence-corrected chi connectivity index (χ4v) is 3.07. The van der Waals surface area contributed by atoms with Crippen molar-refractivity contribution in [3.05, 3.63) is 47.0 Å². The fourth-order valence-electron chi connectivity index (χ4n) is 3.07. The van der Waals surface area contributed by atoms with E-state index in [9.17, 15) is 29.4 Å². The highest BCUT2D eigenvalue weighted by Crippen LogP contribution is 2.31. The van der Waals surface area contributed by atoms with Crippen LogP contribution in [0.2, 0.25) is 0 Å². The van der Waals surface area contributed by atoms with Crippen molar-refractivity contribution >= 4 is 23.5 Å². The van der Waals surface area contributed by atoms with Crippen molar-refractivity contribution in [2.45, 2.75) is 47.0 Å². The number of aromatic carboxylic acids is 2. The molecule has 0 amide bonds. The molecule has 0 aromatic heterocycles. The van der Waals surface area contributed by atoms with Crippen LogP contribution < -0.4 is 0 Å². The molecule has 0 aliphatic rings. The molecule has 0 aliphatic carbocycles. The zero-order valence-corrected chi connectivity index (χ0v) is 16.2. The van der Waals surface area contributed by atoms with Gasteiger partial charge in [0.25, 0.3) is 0 Å². The maximum absolute atomic E-state index is 12.9. The van der Waals surface area contributed by atoms with Crippen LogP contribution in [0, 0.1) is 11.3 Å². The lowest BCUT2D eigenvalue weighted by Crippen LogP contribution is -2.27. The Morgan fingerprint density at radius 3 is 1.96 bits per heavy atom. The van der Waals surface area contributed by atoms with Gasteiger partial charge in [-0.25, -0.2) is 9.59 Å². The molecular weight excluding hydrogens is 348 g/mol. The summed E-state index contributed by atoms with van der Waals surface area (Å²) in [5, 5.41) is 19.1. The first kappa shape index (κ1) is 22.3. The first-order valence-electron chi connectivity index (χ1n) is 8.82. The summed E-state index contributed by atoms with van der Waals surface area (Å²) in [6.45, 7) is 10.4. The number of carbonyl (C=O) groups is 4. The van der Waals surface area contributed by atoms with E-state index in [2.05, 4.69) is 6.58 Å². The normalized spacial score (nSPS) is 12.3. The summed E-state index contributed by atoms with van der Waals surface area (Å²) < 4.78 is 0. The molecule has 0 saturated carbocycles. The van der Waals surface area contributed by atoms with Crippen LogP contribution in [0.3, 0.4) is 0 Å². The van der Waals surface area contributed by atoms with E-state index in [0.717, 1.165) is 12.1 Å². The molecule has 6 heteroatoms. The van der Waals surface area contributed by atoms with Gasteiger partial charge in [0.15, 0.2) is 11.6 Å². The Morgan fingerprint density at radius 2 is 1.52 bits per heavy atom. The van der Waals surface area contributed by atoms with E-state index in [4.69, 9.17) is 0 Å². The molecule has 146 valence electrons. The number of rotatable bonds is 10. The third-order valence-electron chi connectivity index (χ3n) is 4.59. The van der Waals surface area contributed by atoms with Gasteiger partial charge in [-0.3, -0.25) is 9.59 Å². The van der Waals surface area contributed by atoms with Gasteiger partial charge in [-0.2, -0.15) is 0 Å². The Morgan fingerprint density at radius 1 is 1.04 bits per heavy atom. The van der Waals surface area contributed by atoms with Crippen molar-refractivity contribution in [3.8, 4) is 0 Å². The summed E-state index contributed by atoms with van der Waals surface area (Å²) in [5.41, 5.74) is -1.97. The molecule has 27 heavy (non-hydrogen) atoms. The van der Waals surface area contributed by atoms with Gasteiger partial charge in [0, 0.05) is 22.5 Å². The standard InChI is InChI=1S/C21H26O6/c1-6-8-12(3)17(22)13-10-16(20(26)27)14(11-15(13)19(24)25)18(23)21(4,5)9-7-2/h6,10-12H,1,7-9H2,2-5H3,(H,24,25)(H,26,27). The second-order valence-electron chi connectivity index (χ2n) is 7.31. The third kappa shape index (κ3) is 4.90. The monoisotopic (exact) mass is 374 g/mol. The fraction of sp³-hybridized carbons (Fsp3) is 0.429. The van der Waals surface area contributed by atoms with Gasteiger partial charge in [-0.15, -0.1) is 6.58 Å². The van der Waals surface area contributed by atoms with Gasteiger partial charge >= 0.3 is 11.9 Å². The number of Topliss-reactive ketones (excluding diaryl/α,β-unsaturated/α-hetero) is 2. The van der Waals surface area contributed by atoms with E-state index in [1.165, 1.54) is 6.08 Å². The van der Waals surface area contributed by atoms with Crippen LogP contribution in [-0.4, -0.2) is 33.7 Å². The van der Waals surface area contributed by atoms with E-state index in [1.807, 2.05) is 6.92 Å². The van der Waals surface area contributed by atoms with Crippen molar-refractivity contribution in [1.82, 2.24) is 0 Å². The summed E-state index contributed by atoms with van der Waals surface area (Å²) in [4.78, 5) is 49.0. The number of carboxylic acid groups (broad SMARTS) is 2. The number of carboxylic acids is 2. The molecule has 1 atom stereocenters. The Bertz CT molecular complexity index is 788. The highest BCUT2D eigenvalue weighted by molar-refractivity contribution is 6.14. The van der Waals surface area contributed by atoms with Crippen LogP contribution in [0.25, 0.3) is 0 Å². The number of carbonyl (C=O) groups excluding carboxylic acids is 2. The van der Waals surface area contributed by atoms with Crippen LogP contribution in [0.5, 0.6) is 0 Å². The van der Waals surface area contributed by atoms with Gasteiger partial charge in [-0.05, 0) is 25.0 Å². The second kappa shape index (κ2) is 8.75. The smallest absolute Gasteiger partial charge is 0.336 e. The molecule has 0 saturated heterocycles. The maximum Gasteiger partial charge on any atom is 0.336 e. The number of hydrogen-bond acceptors (Lipinski definition) is 4. The molecule has 1 rings (SSSR count). The lowest BCUT2D eigenvalue weighted by Gasteiger charge is -2.24. The van der Waals surface area contributed by atoms with Crippen molar-refractivity contribution in [2.24, 2.45) is 11.3 Å². The van der Waals surface area contributed by atoms with E-state index in [-0.39, 0.29) is 22.3 Å². The Hall–Kier alpha value is -2.76. The minimum Gasteiger partial charge on any atom is -0.478 e. The number of hydrogen-bond donors (Lipinski definition) is 2. The summed E-state index contributed by atoms with van der Waals surface area (Å²) in [7, 11) is 0. The summed E-state index contributed by atoms with van der Waals surface area (Å²) in [6.07, 6.45) is 3.09. The Kier molecular flexibility index (Phi) is 7.22. The zero-order chi connectivity index (χ0) is 20.9. The van der Waals surface area contributed by atoms with E-state index < -0.39 is 34.8 Å². The first-order chi connectivity index (χ1) is 12.5. The molecule has 0 fully saturated rings. The topological polar surface area (TPSA) is 109 Å².